The van der Waals surface area contributed by atoms with Crippen LogP contribution in [0.5, 0.6) is 0 Å². The molecule has 1 aromatic carbocycles. The lowest BCUT2D eigenvalue weighted by Crippen LogP contribution is -2.39. The average molecular weight is 489 g/mol. The third kappa shape index (κ3) is 4.91. The van der Waals surface area contributed by atoms with Crippen LogP contribution in [-0.2, 0) is 13.6 Å². The van der Waals surface area contributed by atoms with Crippen LogP contribution in [0.4, 0.5) is 4.39 Å². The number of aliphatic imine (C=N–C) groups is 1. The minimum Gasteiger partial charge on any atom is -0.352 e. The van der Waals surface area contributed by atoms with Crippen LogP contribution in [0, 0.1) is 5.82 Å². The lowest BCUT2D eigenvalue weighted by atomic mass is 10.0. The topological polar surface area (TPSA) is 45.5 Å². The Morgan fingerprint density at radius 3 is 2.92 bits per heavy atom. The van der Waals surface area contributed by atoms with Gasteiger partial charge in [-0.1, -0.05) is 0 Å². The molecule has 2 aromatic rings. The van der Waals surface area contributed by atoms with Crippen molar-refractivity contribution >= 4 is 41.7 Å². The van der Waals surface area contributed by atoms with E-state index in [1.165, 1.54) is 11.6 Å². The Kier molecular flexibility index (Phi) is 7.75. The fraction of sp³-hybridized carbons (Fsp3) is 0.444. The van der Waals surface area contributed by atoms with Crippen LogP contribution in [0.2, 0.25) is 0 Å². The molecule has 8 heteroatoms. The monoisotopic (exact) mass is 489 g/mol. The molecule has 2 heterocycles. The first-order valence-corrected chi connectivity index (χ1v) is 9.59. The molecule has 1 fully saturated rings. The Morgan fingerprint density at radius 2 is 2.27 bits per heavy atom. The quantitative estimate of drug-likeness (QED) is 0.309. The van der Waals surface area contributed by atoms with E-state index in [2.05, 4.69) is 26.5 Å². The van der Waals surface area contributed by atoms with Gasteiger partial charge in [0.2, 0.25) is 0 Å². The number of halogens is 2. The zero-order valence-electron chi connectivity index (χ0n) is 15.3. The average Bonchev–Trinajstić information content (AvgIpc) is 3.25. The molecule has 5 nitrogen and oxygen atoms in total. The number of aryl methyl sites for hydroxylation is 1. The minimum atomic E-state index is -0.206. The highest BCUT2D eigenvalue weighted by Crippen LogP contribution is 2.27. The van der Waals surface area contributed by atoms with Crippen molar-refractivity contribution in [3.63, 3.8) is 0 Å². The molecule has 1 atom stereocenters. The maximum atomic E-state index is 13.5. The van der Waals surface area contributed by atoms with E-state index in [1.54, 1.807) is 24.9 Å². The number of guanidine groups is 1. The summed E-state index contributed by atoms with van der Waals surface area (Å²) in [6, 6.07) is 4.92. The van der Waals surface area contributed by atoms with E-state index < -0.39 is 0 Å². The van der Waals surface area contributed by atoms with Gasteiger partial charge >= 0.3 is 0 Å². The predicted molar refractivity (Wildman–Crippen MR) is 116 cm³/mol. The summed E-state index contributed by atoms with van der Waals surface area (Å²) in [5.41, 5.74) is 2.23. The summed E-state index contributed by atoms with van der Waals surface area (Å²) in [6.07, 6.45) is 7.12. The number of nitrogens with zero attached hydrogens (tertiary/aromatic N) is 4. The Bertz CT molecular complexity index is 764. The highest BCUT2D eigenvalue weighted by atomic mass is 127. The van der Waals surface area contributed by atoms with Gasteiger partial charge in [0.05, 0.1) is 6.20 Å². The van der Waals surface area contributed by atoms with E-state index >= 15 is 0 Å². The van der Waals surface area contributed by atoms with E-state index in [0.29, 0.717) is 12.5 Å². The van der Waals surface area contributed by atoms with Crippen LogP contribution in [-0.4, -0.2) is 47.0 Å². The summed E-state index contributed by atoms with van der Waals surface area (Å²) >= 11 is 1.63. The van der Waals surface area contributed by atoms with Crippen LogP contribution in [0.3, 0.4) is 0 Å². The first-order chi connectivity index (χ1) is 12.1. The lowest BCUT2D eigenvalue weighted by Gasteiger charge is -2.22. The number of aromatic nitrogens is 2. The van der Waals surface area contributed by atoms with Crippen LogP contribution in [0.25, 0.3) is 0 Å². The van der Waals surface area contributed by atoms with Crippen molar-refractivity contribution in [2.75, 3.05) is 26.4 Å². The lowest BCUT2D eigenvalue weighted by molar-refractivity contribution is 0.485. The van der Waals surface area contributed by atoms with Crippen molar-refractivity contribution in [3.05, 3.63) is 47.5 Å². The van der Waals surface area contributed by atoms with Crippen molar-refractivity contribution in [1.29, 1.82) is 0 Å². The predicted octanol–water partition coefficient (Wildman–Crippen LogP) is 3.46. The van der Waals surface area contributed by atoms with Crippen LogP contribution in [0.15, 0.2) is 40.5 Å². The highest BCUT2D eigenvalue weighted by Gasteiger charge is 2.26. The van der Waals surface area contributed by atoms with Crippen molar-refractivity contribution in [3.8, 4) is 0 Å². The van der Waals surface area contributed by atoms with E-state index in [-0.39, 0.29) is 29.8 Å². The SMILES string of the molecule is CN=C(NCc1cc(F)ccc1SC)N1CCC(c2cnn(C)c2)C1.I. The van der Waals surface area contributed by atoms with E-state index in [0.717, 1.165) is 35.9 Å². The molecular weight excluding hydrogens is 464 g/mol. The van der Waals surface area contributed by atoms with Gasteiger partial charge in [-0.05, 0) is 42.0 Å². The molecule has 1 aromatic heterocycles. The van der Waals surface area contributed by atoms with Crippen molar-refractivity contribution in [2.45, 2.75) is 23.8 Å². The standard InChI is InChI=1S/C18H24FN5S.HI/c1-20-18(21-9-14-8-16(19)4-5-17(14)25-3)24-7-6-13(12-24)15-10-22-23(2)11-15;/h4-5,8,10-11,13H,6-7,9,12H2,1-3H3,(H,20,21);1H. The van der Waals surface area contributed by atoms with E-state index in [9.17, 15) is 4.39 Å². The minimum absolute atomic E-state index is 0. The molecule has 0 spiro atoms. The van der Waals surface area contributed by atoms with Crippen LogP contribution < -0.4 is 5.32 Å². The Morgan fingerprint density at radius 1 is 1.46 bits per heavy atom. The van der Waals surface area contributed by atoms with Crippen molar-refractivity contribution in [1.82, 2.24) is 20.0 Å². The summed E-state index contributed by atoms with van der Waals surface area (Å²) < 4.78 is 15.4. The van der Waals surface area contributed by atoms with Crippen molar-refractivity contribution in [2.24, 2.45) is 12.0 Å². The molecule has 0 aliphatic carbocycles. The number of hydrogen-bond acceptors (Lipinski definition) is 3. The third-order valence-corrected chi connectivity index (χ3v) is 5.41. The summed E-state index contributed by atoms with van der Waals surface area (Å²) in [5.74, 6) is 1.13. The van der Waals surface area contributed by atoms with Gasteiger partial charge in [-0.15, -0.1) is 35.7 Å². The number of thioether (sulfide) groups is 1. The van der Waals surface area contributed by atoms with Gasteiger partial charge in [0.15, 0.2) is 5.96 Å². The molecule has 1 saturated heterocycles. The number of benzene rings is 1. The maximum Gasteiger partial charge on any atom is 0.193 e. The van der Waals surface area contributed by atoms with Gasteiger partial charge in [0.1, 0.15) is 5.82 Å². The van der Waals surface area contributed by atoms with Crippen molar-refractivity contribution < 1.29 is 4.39 Å². The zero-order valence-corrected chi connectivity index (χ0v) is 18.4. The first-order valence-electron chi connectivity index (χ1n) is 8.37. The molecule has 0 bridgehead atoms. The molecule has 0 radical (unpaired) electrons. The van der Waals surface area contributed by atoms with Gasteiger partial charge < -0.3 is 10.2 Å². The normalized spacial score (nSPS) is 17.3. The van der Waals surface area contributed by atoms with Gasteiger partial charge in [0.25, 0.3) is 0 Å². The van der Waals surface area contributed by atoms with Gasteiger partial charge in [0, 0.05) is 50.7 Å². The largest absolute Gasteiger partial charge is 0.352 e. The zero-order chi connectivity index (χ0) is 17.8. The third-order valence-electron chi connectivity index (χ3n) is 4.58. The number of rotatable bonds is 4. The fourth-order valence-electron chi connectivity index (χ4n) is 3.27. The van der Waals surface area contributed by atoms with Crippen LogP contribution in [0.1, 0.15) is 23.5 Å². The molecule has 3 rings (SSSR count). The molecule has 1 N–H and O–H groups in total. The fourth-order valence-corrected chi connectivity index (χ4v) is 3.86. The van der Waals surface area contributed by atoms with Crippen LogP contribution >= 0.6 is 35.7 Å². The molecular formula is C18H25FIN5S. The number of nitrogens with one attached hydrogen (secondary N) is 1. The highest BCUT2D eigenvalue weighted by molar-refractivity contribution is 14.0. The van der Waals surface area contributed by atoms with Gasteiger partial charge in [-0.3, -0.25) is 9.67 Å². The number of likely N-dealkylation sites (tertiary alicyclic amines) is 1. The van der Waals surface area contributed by atoms with E-state index in [4.69, 9.17) is 0 Å². The molecule has 0 saturated carbocycles. The summed E-state index contributed by atoms with van der Waals surface area (Å²) in [4.78, 5) is 7.75. The van der Waals surface area contributed by atoms with E-state index in [1.807, 2.05) is 30.2 Å². The molecule has 1 unspecified atom stereocenters. The second-order valence-electron chi connectivity index (χ2n) is 6.24. The smallest absolute Gasteiger partial charge is 0.193 e. The molecule has 26 heavy (non-hydrogen) atoms. The molecule has 142 valence electrons. The molecule has 1 aliphatic rings. The van der Waals surface area contributed by atoms with Gasteiger partial charge in [-0.2, -0.15) is 5.10 Å². The Hall–Kier alpha value is -1.29. The molecule has 1 aliphatic heterocycles. The Balaban J connectivity index is 0.00000243. The Labute approximate surface area is 175 Å². The maximum absolute atomic E-state index is 13.5. The summed E-state index contributed by atoms with van der Waals surface area (Å²) in [5, 5.41) is 7.65. The van der Waals surface area contributed by atoms with Gasteiger partial charge in [-0.25, -0.2) is 4.39 Å². The summed E-state index contributed by atoms with van der Waals surface area (Å²) in [7, 11) is 3.74. The number of hydrogen-bond donors (Lipinski definition) is 1. The second-order valence-corrected chi connectivity index (χ2v) is 7.08. The summed E-state index contributed by atoms with van der Waals surface area (Å²) in [6.45, 7) is 2.44. The second kappa shape index (κ2) is 9.59. The molecule has 0 amide bonds. The first kappa shape index (κ1) is 21.0.